The number of rotatable bonds is 7. The molecule has 7 saturated carbocycles. The smallest absolute Gasteiger partial charge is 0.0656 e. The standard InChI is InChI=1S/C51H75N3S/c52-31-33-5-8-35(9-6-33)37-15-21-43(22-16-37)54(45-25-19-40(20-26-45)51-29-42-10-7-34(32-53)27-50(42)55-51)44-23-17-38(18-24-44)36-11-13-39(14-12-36)47-28-41-3-1-2-4-46(41)48-30-49(47)48/h21,30,33-42,44-47,49-51H,1-20,22-29H2. The Morgan fingerprint density at radius 2 is 1.09 bits per heavy atom. The highest BCUT2D eigenvalue weighted by Crippen LogP contribution is 2.60. The Balaban J connectivity index is 0.755. The van der Waals surface area contributed by atoms with E-state index in [1.807, 2.05) is 5.57 Å². The van der Waals surface area contributed by atoms with Crippen LogP contribution in [-0.2, 0) is 0 Å². The van der Waals surface area contributed by atoms with Gasteiger partial charge in [-0.2, -0.15) is 22.3 Å². The summed E-state index contributed by atoms with van der Waals surface area (Å²) >= 11 is 2.33. The molecule has 10 rings (SSSR count). The summed E-state index contributed by atoms with van der Waals surface area (Å²) in [6.07, 6.45) is 44.9. The van der Waals surface area contributed by atoms with E-state index in [1.165, 1.54) is 128 Å². The lowest BCUT2D eigenvalue weighted by atomic mass is 9.61. The lowest BCUT2D eigenvalue weighted by Crippen LogP contribution is -2.47. The van der Waals surface area contributed by atoms with Crippen molar-refractivity contribution in [2.45, 2.75) is 202 Å². The fourth-order valence-corrected chi connectivity index (χ4v) is 18.2. The zero-order chi connectivity index (χ0) is 36.9. The van der Waals surface area contributed by atoms with Crippen LogP contribution < -0.4 is 0 Å². The first-order chi connectivity index (χ1) is 27.1. The predicted octanol–water partition coefficient (Wildman–Crippen LogP) is 13.4. The third-order valence-electron chi connectivity index (χ3n) is 19.3. The summed E-state index contributed by atoms with van der Waals surface area (Å²) in [7, 11) is 0. The Hall–Kier alpha value is -1.39. The molecular weight excluding hydrogens is 687 g/mol. The van der Waals surface area contributed by atoms with Gasteiger partial charge in [-0.3, -0.25) is 0 Å². The van der Waals surface area contributed by atoms with Crippen molar-refractivity contribution in [3.63, 3.8) is 0 Å². The topological polar surface area (TPSA) is 50.8 Å². The molecule has 0 amide bonds. The van der Waals surface area contributed by atoms with Crippen LogP contribution in [0.15, 0.2) is 23.4 Å². The molecule has 9 aliphatic carbocycles. The Morgan fingerprint density at radius 3 is 1.78 bits per heavy atom. The van der Waals surface area contributed by atoms with Crippen LogP contribution in [0.3, 0.4) is 0 Å². The van der Waals surface area contributed by atoms with Crippen molar-refractivity contribution >= 4 is 11.8 Å². The van der Waals surface area contributed by atoms with E-state index in [0.29, 0.717) is 11.8 Å². The first-order valence-corrected chi connectivity index (χ1v) is 25.7. The second-order valence-corrected chi connectivity index (χ2v) is 23.3. The van der Waals surface area contributed by atoms with E-state index in [4.69, 9.17) is 0 Å². The molecule has 9 unspecified atom stereocenters. The number of hydrogen-bond acceptors (Lipinski definition) is 4. The lowest BCUT2D eigenvalue weighted by Gasteiger charge is -2.49. The van der Waals surface area contributed by atoms with Crippen molar-refractivity contribution in [1.29, 1.82) is 10.5 Å². The second-order valence-electron chi connectivity index (χ2n) is 21.8. The molecule has 3 nitrogen and oxygen atoms in total. The van der Waals surface area contributed by atoms with Crippen molar-refractivity contribution in [3.8, 4) is 12.1 Å². The first kappa shape index (κ1) is 37.9. The summed E-state index contributed by atoms with van der Waals surface area (Å²) in [5.74, 6) is 11.2. The molecule has 0 radical (unpaired) electrons. The van der Waals surface area contributed by atoms with Gasteiger partial charge in [0.1, 0.15) is 0 Å². The second kappa shape index (κ2) is 16.7. The van der Waals surface area contributed by atoms with E-state index < -0.39 is 0 Å². The highest BCUT2D eigenvalue weighted by molar-refractivity contribution is 8.00. The molecule has 0 N–H and O–H groups in total. The van der Waals surface area contributed by atoms with Crippen LogP contribution in [0, 0.1) is 99.6 Å². The van der Waals surface area contributed by atoms with Crippen molar-refractivity contribution < 1.29 is 0 Å². The van der Waals surface area contributed by atoms with E-state index >= 15 is 0 Å². The average Bonchev–Trinajstić information content (AvgIpc) is 3.96. The summed E-state index contributed by atoms with van der Waals surface area (Å²) in [4.78, 5) is 3.13. The molecule has 0 bridgehead atoms. The number of hydrogen-bond donors (Lipinski definition) is 0. The van der Waals surface area contributed by atoms with Crippen LogP contribution in [0.5, 0.6) is 0 Å². The largest absolute Gasteiger partial charge is 0.369 e. The minimum absolute atomic E-state index is 0.326. The molecule has 300 valence electrons. The highest BCUT2D eigenvalue weighted by Gasteiger charge is 2.50. The van der Waals surface area contributed by atoms with E-state index in [9.17, 15) is 10.5 Å². The van der Waals surface area contributed by atoms with Crippen molar-refractivity contribution in [2.24, 2.45) is 76.9 Å². The predicted molar refractivity (Wildman–Crippen MR) is 227 cm³/mol. The number of allylic oxidation sites excluding steroid dienone is 4. The van der Waals surface area contributed by atoms with Crippen molar-refractivity contribution in [2.75, 3.05) is 0 Å². The zero-order valence-corrected chi connectivity index (χ0v) is 35.3. The number of thioether (sulfide) groups is 1. The molecule has 55 heavy (non-hydrogen) atoms. The fourth-order valence-electron chi connectivity index (χ4n) is 16.1. The third-order valence-corrected chi connectivity index (χ3v) is 21.1. The molecule has 0 aromatic carbocycles. The molecule has 4 heteroatoms. The molecule has 0 aromatic heterocycles. The van der Waals surface area contributed by atoms with Crippen molar-refractivity contribution in [1.82, 2.24) is 4.90 Å². The summed E-state index contributed by atoms with van der Waals surface area (Å²) in [6, 6.07) is 6.74. The molecular formula is C51H75N3S. The number of nitrogens with zero attached hydrogens (tertiary/aromatic N) is 3. The summed E-state index contributed by atoms with van der Waals surface area (Å²) < 4.78 is 0. The quantitative estimate of drug-likeness (QED) is 0.242. The highest BCUT2D eigenvalue weighted by atomic mass is 32.2. The van der Waals surface area contributed by atoms with Gasteiger partial charge in [0.25, 0.3) is 0 Å². The van der Waals surface area contributed by atoms with Crippen LogP contribution in [0.1, 0.15) is 180 Å². The van der Waals surface area contributed by atoms with Gasteiger partial charge in [-0.1, -0.05) is 30.6 Å². The Bertz CT molecular complexity index is 1470. The van der Waals surface area contributed by atoms with Gasteiger partial charge in [-0.05, 0) is 226 Å². The molecule has 0 spiro atoms. The molecule has 0 aromatic rings. The molecule has 8 fully saturated rings. The van der Waals surface area contributed by atoms with E-state index in [1.54, 1.807) is 37.8 Å². The van der Waals surface area contributed by atoms with Crippen LogP contribution in [0.2, 0.25) is 0 Å². The monoisotopic (exact) mass is 762 g/mol. The summed E-state index contributed by atoms with van der Waals surface area (Å²) in [5.41, 5.74) is 3.70. The van der Waals surface area contributed by atoms with E-state index in [0.717, 1.165) is 107 Å². The van der Waals surface area contributed by atoms with Gasteiger partial charge in [-0.25, -0.2) is 0 Å². The minimum Gasteiger partial charge on any atom is -0.369 e. The molecule has 1 heterocycles. The first-order valence-electron chi connectivity index (χ1n) is 24.8. The van der Waals surface area contributed by atoms with Gasteiger partial charge in [0.15, 0.2) is 0 Å². The SMILES string of the molecule is N#CC1CCC(C2CC=C(N(C3CCC(C4CCC(C5CC6CCCCC6C6=CC65)CC4)CC3)C3CCC(C4CC5CCC(C#N)CC5S4)CC3)CC2)CC1. The van der Waals surface area contributed by atoms with E-state index in [-0.39, 0.29) is 0 Å². The van der Waals surface area contributed by atoms with Crippen LogP contribution in [0.4, 0.5) is 0 Å². The normalized spacial score (nSPS) is 48.4. The summed E-state index contributed by atoms with van der Waals surface area (Å²) in [6.45, 7) is 0. The van der Waals surface area contributed by atoms with Crippen LogP contribution in [0.25, 0.3) is 0 Å². The number of fused-ring (bicyclic) bond motifs is 4. The Kier molecular flexibility index (Phi) is 11.5. The Labute approximate surface area is 340 Å². The average molecular weight is 762 g/mol. The van der Waals surface area contributed by atoms with Gasteiger partial charge in [-0.15, -0.1) is 0 Å². The zero-order valence-electron chi connectivity index (χ0n) is 34.5. The molecule has 9 atom stereocenters. The van der Waals surface area contributed by atoms with Crippen LogP contribution in [-0.4, -0.2) is 27.5 Å². The van der Waals surface area contributed by atoms with Crippen molar-refractivity contribution in [3.05, 3.63) is 23.4 Å². The molecule has 10 aliphatic rings. The molecule has 1 aliphatic heterocycles. The van der Waals surface area contributed by atoms with Gasteiger partial charge < -0.3 is 4.90 Å². The van der Waals surface area contributed by atoms with Gasteiger partial charge >= 0.3 is 0 Å². The number of nitriles is 2. The maximum atomic E-state index is 9.61. The van der Waals surface area contributed by atoms with Gasteiger partial charge in [0.05, 0.1) is 12.1 Å². The maximum Gasteiger partial charge on any atom is 0.0656 e. The fraction of sp³-hybridized carbons (Fsp3) is 0.882. The van der Waals surface area contributed by atoms with Crippen LogP contribution >= 0.6 is 11.8 Å². The maximum absolute atomic E-state index is 9.61. The van der Waals surface area contributed by atoms with Gasteiger partial charge in [0, 0.05) is 46.0 Å². The minimum atomic E-state index is 0.326. The Morgan fingerprint density at radius 1 is 0.509 bits per heavy atom. The molecule has 1 saturated heterocycles. The summed E-state index contributed by atoms with van der Waals surface area (Å²) in [5, 5.41) is 20.7. The third kappa shape index (κ3) is 7.90. The lowest BCUT2D eigenvalue weighted by molar-refractivity contribution is 0.0574. The van der Waals surface area contributed by atoms with Gasteiger partial charge in [0.2, 0.25) is 0 Å². The van der Waals surface area contributed by atoms with E-state index in [2.05, 4.69) is 41.0 Å².